The number of aromatic nitrogens is 6. The van der Waals surface area contributed by atoms with Gasteiger partial charge in [0, 0.05) is 35.2 Å². The second kappa shape index (κ2) is 10.6. The summed E-state index contributed by atoms with van der Waals surface area (Å²) in [6.07, 6.45) is 8.10. The fourth-order valence-corrected chi connectivity index (χ4v) is 6.38. The fourth-order valence-electron chi connectivity index (χ4n) is 6.38. The van der Waals surface area contributed by atoms with E-state index in [2.05, 4.69) is 141 Å². The van der Waals surface area contributed by atoms with Gasteiger partial charge in [-0.05, 0) is 53.1 Å². The molecule has 7 nitrogen and oxygen atoms in total. The van der Waals surface area contributed by atoms with Crippen molar-refractivity contribution in [1.82, 2.24) is 23.5 Å². The standard InChI is InChI=1S/C38H41N6O/c1-24(2)36-37(25(3)4)44-34(40-36)21-28(22-35(44)42-18-17-41(8)23-42)45-27-13-14-30-29-11-9-10-12-31(29)43(32(30)20-27)33-19-26(15-16-39-33)38(5,6)7/h9-25H,1-8H3/q+1. The van der Waals surface area contributed by atoms with Crippen LogP contribution in [0.2, 0.25) is 0 Å². The molecule has 0 fully saturated rings. The summed E-state index contributed by atoms with van der Waals surface area (Å²) in [5.41, 5.74) is 6.65. The molecular formula is C38H41N6O+. The van der Waals surface area contributed by atoms with E-state index in [4.69, 9.17) is 14.7 Å². The zero-order valence-corrected chi connectivity index (χ0v) is 27.4. The van der Waals surface area contributed by atoms with Crippen molar-refractivity contribution in [3.05, 3.63) is 109 Å². The molecule has 5 heterocycles. The van der Waals surface area contributed by atoms with Gasteiger partial charge in [-0.15, -0.1) is 0 Å². The Hall–Kier alpha value is -4.91. The van der Waals surface area contributed by atoms with Crippen LogP contribution in [0.25, 0.3) is 39.1 Å². The van der Waals surface area contributed by atoms with Crippen molar-refractivity contribution in [3.63, 3.8) is 0 Å². The summed E-state index contributed by atoms with van der Waals surface area (Å²) >= 11 is 0. The summed E-state index contributed by atoms with van der Waals surface area (Å²) in [4.78, 5) is 9.98. The summed E-state index contributed by atoms with van der Waals surface area (Å²) in [7, 11) is 2.03. The number of hydrogen-bond donors (Lipinski definition) is 0. The van der Waals surface area contributed by atoms with Crippen LogP contribution >= 0.6 is 0 Å². The first-order valence-corrected chi connectivity index (χ1v) is 15.8. The van der Waals surface area contributed by atoms with Crippen molar-refractivity contribution in [2.45, 2.75) is 65.7 Å². The average molecular weight is 598 g/mol. The van der Waals surface area contributed by atoms with Crippen LogP contribution in [0, 0.1) is 0 Å². The van der Waals surface area contributed by atoms with Gasteiger partial charge in [-0.3, -0.25) is 8.97 Å². The molecule has 0 aliphatic rings. The van der Waals surface area contributed by atoms with Crippen molar-refractivity contribution in [3.8, 4) is 23.1 Å². The maximum absolute atomic E-state index is 6.69. The second-order valence-corrected chi connectivity index (χ2v) is 13.7. The highest BCUT2D eigenvalue weighted by Gasteiger charge is 2.24. The van der Waals surface area contributed by atoms with Crippen molar-refractivity contribution >= 4 is 27.5 Å². The number of aryl methyl sites for hydroxylation is 1. The van der Waals surface area contributed by atoms with E-state index < -0.39 is 0 Å². The Morgan fingerprint density at radius 2 is 1.60 bits per heavy atom. The molecule has 7 rings (SSSR count). The predicted molar refractivity (Wildman–Crippen MR) is 181 cm³/mol. The molecule has 7 aromatic rings. The topological polar surface area (TPSA) is 53.2 Å². The Balaban J connectivity index is 1.40. The summed E-state index contributed by atoms with van der Waals surface area (Å²) < 4.78 is 15.4. The highest BCUT2D eigenvalue weighted by molar-refractivity contribution is 6.09. The number of rotatable bonds is 6. The van der Waals surface area contributed by atoms with E-state index >= 15 is 0 Å². The van der Waals surface area contributed by atoms with Gasteiger partial charge >= 0.3 is 0 Å². The van der Waals surface area contributed by atoms with E-state index in [1.807, 2.05) is 24.0 Å². The number of ether oxygens (including phenoxy) is 1. The van der Waals surface area contributed by atoms with Gasteiger partial charge in [0.15, 0.2) is 0 Å². The van der Waals surface area contributed by atoms with Crippen LogP contribution < -0.4 is 9.30 Å². The quantitative estimate of drug-likeness (QED) is 0.180. The van der Waals surface area contributed by atoms with E-state index in [9.17, 15) is 0 Å². The van der Waals surface area contributed by atoms with Crippen molar-refractivity contribution in [1.29, 1.82) is 0 Å². The maximum Gasteiger partial charge on any atom is 0.249 e. The monoisotopic (exact) mass is 597 g/mol. The molecule has 0 aliphatic heterocycles. The molecule has 7 heteroatoms. The molecule has 0 aliphatic carbocycles. The van der Waals surface area contributed by atoms with Gasteiger partial charge in [0.05, 0.1) is 29.5 Å². The normalized spacial score (nSPS) is 12.4. The molecule has 45 heavy (non-hydrogen) atoms. The van der Waals surface area contributed by atoms with Crippen LogP contribution in [-0.2, 0) is 12.5 Å². The summed E-state index contributed by atoms with van der Waals surface area (Å²) in [6.45, 7) is 15.6. The number of hydrogen-bond acceptors (Lipinski definition) is 3. The van der Waals surface area contributed by atoms with Gasteiger partial charge in [0.25, 0.3) is 0 Å². The molecule has 0 saturated heterocycles. The minimum Gasteiger partial charge on any atom is -0.457 e. The molecule has 0 saturated carbocycles. The second-order valence-electron chi connectivity index (χ2n) is 13.7. The molecule has 0 bridgehead atoms. The average Bonchev–Trinajstić information content (AvgIpc) is 3.70. The van der Waals surface area contributed by atoms with Crippen LogP contribution in [0.1, 0.15) is 77.3 Å². The van der Waals surface area contributed by atoms with Crippen molar-refractivity contribution in [2.75, 3.05) is 0 Å². The Labute approximate surface area is 264 Å². The molecular weight excluding hydrogens is 556 g/mol. The molecule has 228 valence electrons. The predicted octanol–water partition coefficient (Wildman–Crippen LogP) is 8.78. The largest absolute Gasteiger partial charge is 0.457 e. The molecule has 0 atom stereocenters. The maximum atomic E-state index is 6.69. The number of imidazole rings is 2. The smallest absolute Gasteiger partial charge is 0.249 e. The lowest BCUT2D eigenvalue weighted by Gasteiger charge is -2.20. The van der Waals surface area contributed by atoms with E-state index in [0.717, 1.165) is 50.9 Å². The van der Waals surface area contributed by atoms with E-state index in [1.165, 1.54) is 16.6 Å². The third kappa shape index (κ3) is 4.96. The van der Waals surface area contributed by atoms with Gasteiger partial charge in [0.1, 0.15) is 35.4 Å². The zero-order chi connectivity index (χ0) is 31.6. The molecule has 0 unspecified atom stereocenters. The third-order valence-corrected chi connectivity index (χ3v) is 8.59. The molecule has 0 spiro atoms. The van der Waals surface area contributed by atoms with Gasteiger partial charge < -0.3 is 4.74 Å². The number of fused-ring (bicyclic) bond motifs is 4. The number of pyridine rings is 2. The van der Waals surface area contributed by atoms with E-state index in [1.54, 1.807) is 0 Å². The van der Waals surface area contributed by atoms with Crippen LogP contribution in [0.15, 0.2) is 91.6 Å². The van der Waals surface area contributed by atoms with E-state index in [0.29, 0.717) is 11.8 Å². The van der Waals surface area contributed by atoms with Crippen LogP contribution in [-0.4, -0.2) is 23.5 Å². The van der Waals surface area contributed by atoms with Crippen molar-refractivity contribution < 1.29 is 9.30 Å². The first-order chi connectivity index (χ1) is 21.5. The first kappa shape index (κ1) is 28.8. The lowest BCUT2D eigenvalue weighted by atomic mass is 9.88. The Morgan fingerprint density at radius 3 is 2.31 bits per heavy atom. The Morgan fingerprint density at radius 1 is 0.822 bits per heavy atom. The summed E-state index contributed by atoms with van der Waals surface area (Å²) in [5.74, 6) is 3.99. The third-order valence-electron chi connectivity index (χ3n) is 8.59. The van der Waals surface area contributed by atoms with Crippen LogP contribution in [0.4, 0.5) is 0 Å². The van der Waals surface area contributed by atoms with E-state index in [-0.39, 0.29) is 5.41 Å². The molecule has 0 N–H and O–H groups in total. The summed E-state index contributed by atoms with van der Waals surface area (Å²) in [5, 5.41) is 2.35. The van der Waals surface area contributed by atoms with Gasteiger partial charge in [-0.1, -0.05) is 66.7 Å². The number of benzene rings is 2. The highest BCUT2D eigenvalue weighted by Crippen LogP contribution is 2.37. The summed E-state index contributed by atoms with van der Waals surface area (Å²) in [6, 6.07) is 23.3. The fraction of sp³-hybridized carbons (Fsp3) is 0.289. The van der Waals surface area contributed by atoms with Gasteiger partial charge in [0.2, 0.25) is 12.1 Å². The Kier molecular flexibility index (Phi) is 6.80. The first-order valence-electron chi connectivity index (χ1n) is 15.8. The number of nitrogens with zero attached hydrogens (tertiary/aromatic N) is 6. The minimum absolute atomic E-state index is 0.00948. The molecule has 5 aromatic heterocycles. The van der Waals surface area contributed by atoms with Gasteiger partial charge in [-0.2, -0.15) is 4.57 Å². The lowest BCUT2D eigenvalue weighted by molar-refractivity contribution is -0.670. The SMILES string of the molecule is CC(C)c1nc2cc(Oc3ccc4c5ccccc5n(-c5cc(C(C)(C)C)ccn5)c4c3)cc(-n3cc[n+](C)c3)n2c1C(C)C. The van der Waals surface area contributed by atoms with Crippen LogP contribution in [0.5, 0.6) is 11.5 Å². The van der Waals surface area contributed by atoms with Crippen molar-refractivity contribution in [2.24, 2.45) is 7.05 Å². The highest BCUT2D eigenvalue weighted by atomic mass is 16.5. The lowest BCUT2D eigenvalue weighted by Crippen LogP contribution is -2.23. The van der Waals surface area contributed by atoms with Gasteiger partial charge in [-0.25, -0.2) is 14.5 Å². The molecule has 0 amide bonds. The Bertz CT molecular complexity index is 2210. The zero-order valence-electron chi connectivity index (χ0n) is 27.4. The molecule has 2 aromatic carbocycles. The molecule has 0 radical (unpaired) electrons. The number of para-hydroxylation sites is 1. The van der Waals surface area contributed by atoms with Crippen LogP contribution in [0.3, 0.4) is 0 Å². The minimum atomic E-state index is 0.00948.